The van der Waals surface area contributed by atoms with Gasteiger partial charge in [0.2, 0.25) is 0 Å². The van der Waals surface area contributed by atoms with Gasteiger partial charge in [0.15, 0.2) is 0 Å². The second-order valence-electron chi connectivity index (χ2n) is 4.31. The molecule has 0 N–H and O–H groups in total. The van der Waals surface area contributed by atoms with Crippen molar-refractivity contribution in [3.05, 3.63) is 34.9 Å². The van der Waals surface area contributed by atoms with Crippen molar-refractivity contribution < 1.29 is 4.74 Å². The van der Waals surface area contributed by atoms with E-state index >= 15 is 0 Å². The summed E-state index contributed by atoms with van der Waals surface area (Å²) in [6, 6.07) is 8.02. The van der Waals surface area contributed by atoms with Crippen LogP contribution in [-0.2, 0) is 9.06 Å². The smallest absolute Gasteiger partial charge is 0.0753 e. The second kappa shape index (κ2) is 5.52. The molecule has 1 aliphatic rings. The van der Waals surface area contributed by atoms with Crippen LogP contribution in [0.5, 0.6) is 0 Å². The Morgan fingerprint density at radius 1 is 1.19 bits per heavy atom. The van der Waals surface area contributed by atoms with Gasteiger partial charge < -0.3 is 4.74 Å². The highest BCUT2D eigenvalue weighted by molar-refractivity contribution is 9.09. The number of rotatable bonds is 1. The molecule has 1 unspecified atom stereocenters. The highest BCUT2D eigenvalue weighted by Crippen LogP contribution is 2.41. The lowest BCUT2D eigenvalue weighted by atomic mass is 9.93. The summed E-state index contributed by atoms with van der Waals surface area (Å²) in [5.41, 5.74) is 1.15. The Labute approximate surface area is 110 Å². The maximum Gasteiger partial charge on any atom is 0.0753 e. The van der Waals surface area contributed by atoms with Gasteiger partial charge in [0.25, 0.3) is 0 Å². The Balaban J connectivity index is 2.24. The zero-order valence-electron chi connectivity index (χ0n) is 9.22. The molecule has 2 rings (SSSR count). The van der Waals surface area contributed by atoms with Crippen LogP contribution in [0.1, 0.15) is 31.2 Å². The molecule has 0 aromatic heterocycles. The van der Waals surface area contributed by atoms with Gasteiger partial charge in [-0.15, -0.1) is 0 Å². The van der Waals surface area contributed by atoms with Crippen molar-refractivity contribution in [2.24, 2.45) is 0 Å². The molecule has 88 valence electrons. The van der Waals surface area contributed by atoms with E-state index in [2.05, 4.69) is 22.0 Å². The van der Waals surface area contributed by atoms with Crippen LogP contribution in [0.3, 0.4) is 0 Å². The summed E-state index contributed by atoms with van der Waals surface area (Å²) in [5, 5.41) is 0.823. The van der Waals surface area contributed by atoms with Crippen LogP contribution < -0.4 is 0 Å². The predicted molar refractivity (Wildman–Crippen MR) is 71.3 cm³/mol. The first-order chi connectivity index (χ1) is 7.72. The Morgan fingerprint density at radius 3 is 2.81 bits per heavy atom. The fourth-order valence-corrected chi connectivity index (χ4v) is 3.35. The largest absolute Gasteiger partial charge is 0.380 e. The summed E-state index contributed by atoms with van der Waals surface area (Å²) in [6.07, 6.45) is 4.71. The molecule has 1 aromatic rings. The molecule has 1 nitrogen and oxygen atoms in total. The molecule has 16 heavy (non-hydrogen) atoms. The van der Waals surface area contributed by atoms with Gasteiger partial charge in [-0.05, 0) is 24.5 Å². The number of hydrogen-bond donors (Lipinski definition) is 0. The molecule has 0 bridgehead atoms. The Kier molecular flexibility index (Phi) is 4.28. The maximum absolute atomic E-state index is 6.26. The average molecular weight is 304 g/mol. The molecule has 1 atom stereocenters. The zero-order chi connectivity index (χ0) is 11.4. The van der Waals surface area contributed by atoms with E-state index in [9.17, 15) is 0 Å². The molecule has 1 aliphatic heterocycles. The third-order valence-corrected chi connectivity index (χ3v) is 4.43. The topological polar surface area (TPSA) is 9.23 Å². The molecule has 3 heteroatoms. The lowest BCUT2D eigenvalue weighted by molar-refractivity contribution is 0.0950. The summed E-state index contributed by atoms with van der Waals surface area (Å²) >= 11 is 10.1. The van der Waals surface area contributed by atoms with E-state index in [1.54, 1.807) is 0 Å². The number of ether oxygens (including phenoxy) is 1. The van der Waals surface area contributed by atoms with Crippen LogP contribution in [0.2, 0.25) is 5.02 Å². The first kappa shape index (κ1) is 12.4. The van der Waals surface area contributed by atoms with Crippen molar-refractivity contribution in [1.29, 1.82) is 0 Å². The molecule has 0 spiro atoms. The molecule has 0 amide bonds. The molecular weight excluding hydrogens is 287 g/mol. The second-order valence-corrected chi connectivity index (χ2v) is 6.23. The highest BCUT2D eigenvalue weighted by atomic mass is 79.9. The van der Waals surface area contributed by atoms with Gasteiger partial charge in [-0.3, -0.25) is 0 Å². The average Bonchev–Trinajstić information content (AvgIpc) is 2.24. The van der Waals surface area contributed by atoms with Gasteiger partial charge in [0.1, 0.15) is 0 Å². The van der Waals surface area contributed by atoms with Crippen molar-refractivity contribution in [3.63, 3.8) is 0 Å². The lowest BCUT2D eigenvalue weighted by Crippen LogP contribution is -2.27. The van der Waals surface area contributed by atoms with Crippen molar-refractivity contribution in [3.8, 4) is 0 Å². The van der Waals surface area contributed by atoms with Gasteiger partial charge in [-0.2, -0.15) is 0 Å². The molecule has 1 fully saturated rings. The van der Waals surface area contributed by atoms with E-state index in [1.165, 1.54) is 19.3 Å². The van der Waals surface area contributed by atoms with E-state index in [0.29, 0.717) is 6.61 Å². The first-order valence-corrected chi connectivity index (χ1v) is 6.91. The fourth-order valence-electron chi connectivity index (χ4n) is 2.13. The molecule has 0 saturated carbocycles. The zero-order valence-corrected chi connectivity index (χ0v) is 11.6. The maximum atomic E-state index is 6.26. The third kappa shape index (κ3) is 2.79. The van der Waals surface area contributed by atoms with E-state index in [1.807, 2.05) is 18.2 Å². The van der Waals surface area contributed by atoms with Crippen molar-refractivity contribution in [1.82, 2.24) is 0 Å². The van der Waals surface area contributed by atoms with Gasteiger partial charge >= 0.3 is 0 Å². The number of benzene rings is 1. The van der Waals surface area contributed by atoms with Crippen LogP contribution in [0.25, 0.3) is 0 Å². The summed E-state index contributed by atoms with van der Waals surface area (Å²) < 4.78 is 5.59. The van der Waals surface area contributed by atoms with E-state index in [4.69, 9.17) is 16.3 Å². The molecule has 1 aromatic carbocycles. The summed E-state index contributed by atoms with van der Waals surface area (Å²) in [4.78, 5) is 0. The summed E-state index contributed by atoms with van der Waals surface area (Å²) in [7, 11) is 0. The quantitative estimate of drug-likeness (QED) is 0.693. The minimum absolute atomic E-state index is 0.105. The SMILES string of the molecule is Clc1ccccc1C1(Br)CCCCCOC1. The van der Waals surface area contributed by atoms with Gasteiger partial charge in [0, 0.05) is 11.6 Å². The van der Waals surface area contributed by atoms with Gasteiger partial charge in [0.05, 0.1) is 10.9 Å². The standard InChI is InChI=1S/C13H16BrClO/c14-13(8-4-1-5-9-16-10-13)11-6-2-3-7-12(11)15/h2-3,6-7H,1,4-5,8-10H2. The first-order valence-electron chi connectivity index (χ1n) is 5.74. The van der Waals surface area contributed by atoms with Crippen molar-refractivity contribution in [2.75, 3.05) is 13.2 Å². The summed E-state index contributed by atoms with van der Waals surface area (Å²) in [6.45, 7) is 1.56. The number of halogens is 2. The number of alkyl halides is 1. The molecule has 1 saturated heterocycles. The Bertz CT molecular complexity index is 346. The summed E-state index contributed by atoms with van der Waals surface area (Å²) in [5.74, 6) is 0. The van der Waals surface area contributed by atoms with Crippen molar-refractivity contribution in [2.45, 2.75) is 30.0 Å². The monoisotopic (exact) mass is 302 g/mol. The number of hydrogen-bond acceptors (Lipinski definition) is 1. The third-order valence-electron chi connectivity index (χ3n) is 3.05. The van der Waals surface area contributed by atoms with Crippen LogP contribution in [0.4, 0.5) is 0 Å². The van der Waals surface area contributed by atoms with Crippen molar-refractivity contribution >= 4 is 27.5 Å². The van der Waals surface area contributed by atoms with Crippen LogP contribution in [0.15, 0.2) is 24.3 Å². The van der Waals surface area contributed by atoms with E-state index in [0.717, 1.165) is 23.6 Å². The molecular formula is C13H16BrClO. The molecule has 1 heterocycles. The fraction of sp³-hybridized carbons (Fsp3) is 0.538. The lowest BCUT2D eigenvalue weighted by Gasteiger charge is -2.30. The molecule has 0 aliphatic carbocycles. The van der Waals surface area contributed by atoms with Gasteiger partial charge in [-0.1, -0.05) is 58.6 Å². The molecule has 0 radical (unpaired) electrons. The van der Waals surface area contributed by atoms with E-state index < -0.39 is 0 Å². The van der Waals surface area contributed by atoms with Gasteiger partial charge in [-0.25, -0.2) is 0 Å². The highest BCUT2D eigenvalue weighted by Gasteiger charge is 2.31. The minimum atomic E-state index is -0.105. The van der Waals surface area contributed by atoms with Crippen LogP contribution in [0, 0.1) is 0 Å². The van der Waals surface area contributed by atoms with Crippen LogP contribution >= 0.6 is 27.5 Å². The minimum Gasteiger partial charge on any atom is -0.380 e. The normalized spacial score (nSPS) is 27.1. The van der Waals surface area contributed by atoms with Crippen LogP contribution in [-0.4, -0.2) is 13.2 Å². The van der Waals surface area contributed by atoms with E-state index in [-0.39, 0.29) is 4.32 Å². The predicted octanol–water partition coefficient (Wildman–Crippen LogP) is 4.52. The Morgan fingerprint density at radius 2 is 2.00 bits per heavy atom. The Hall–Kier alpha value is -0.0500.